The van der Waals surface area contributed by atoms with Gasteiger partial charge in [-0.25, -0.2) is 0 Å². The van der Waals surface area contributed by atoms with Crippen molar-refractivity contribution in [2.45, 2.75) is 13.3 Å². The maximum Gasteiger partial charge on any atom is 0.253 e. The van der Waals surface area contributed by atoms with Crippen LogP contribution < -0.4 is 5.73 Å². The fraction of sp³-hybridized carbons (Fsp3) is 0.333. The quantitative estimate of drug-likeness (QED) is 0.647. The van der Waals surface area contributed by atoms with Crippen molar-refractivity contribution in [2.24, 2.45) is 5.73 Å². The van der Waals surface area contributed by atoms with Crippen molar-refractivity contribution in [3.8, 4) is 0 Å². The van der Waals surface area contributed by atoms with Gasteiger partial charge in [0.1, 0.15) is 0 Å². The maximum atomic E-state index is 12.2. The Kier molecular flexibility index (Phi) is 5.84. The highest BCUT2D eigenvalue weighted by atomic mass is 127. The van der Waals surface area contributed by atoms with E-state index < -0.39 is 0 Å². The SMILES string of the molecule is CCN(CCC(N)=S)C(=O)c1cccc(I)c1. The van der Waals surface area contributed by atoms with Gasteiger partial charge in [0, 0.05) is 28.6 Å². The van der Waals surface area contributed by atoms with E-state index in [4.69, 9.17) is 18.0 Å². The van der Waals surface area contributed by atoms with E-state index in [1.165, 1.54) is 0 Å². The Hall–Kier alpha value is -0.690. The molecule has 0 radical (unpaired) electrons. The first kappa shape index (κ1) is 14.4. The van der Waals surface area contributed by atoms with Crippen LogP contribution in [0.1, 0.15) is 23.7 Å². The number of rotatable bonds is 5. The zero-order chi connectivity index (χ0) is 12.8. The molecule has 3 nitrogen and oxygen atoms in total. The van der Waals surface area contributed by atoms with Crippen LogP contribution >= 0.6 is 34.8 Å². The van der Waals surface area contributed by atoms with E-state index in [9.17, 15) is 4.79 Å². The molecule has 0 saturated heterocycles. The van der Waals surface area contributed by atoms with Gasteiger partial charge in [-0.3, -0.25) is 4.79 Å². The van der Waals surface area contributed by atoms with Gasteiger partial charge in [0.05, 0.1) is 4.99 Å². The largest absolute Gasteiger partial charge is 0.393 e. The maximum absolute atomic E-state index is 12.2. The molecule has 1 amide bonds. The Morgan fingerprint density at radius 2 is 2.24 bits per heavy atom. The topological polar surface area (TPSA) is 46.3 Å². The average molecular weight is 362 g/mol. The highest BCUT2D eigenvalue weighted by Gasteiger charge is 2.14. The molecule has 0 heterocycles. The number of amides is 1. The molecule has 0 fully saturated rings. The van der Waals surface area contributed by atoms with Gasteiger partial charge in [-0.05, 0) is 47.7 Å². The van der Waals surface area contributed by atoms with Crippen molar-refractivity contribution >= 4 is 45.7 Å². The monoisotopic (exact) mass is 362 g/mol. The number of nitrogens with two attached hydrogens (primary N) is 1. The second-order valence-electron chi connectivity index (χ2n) is 3.61. The highest BCUT2D eigenvalue weighted by molar-refractivity contribution is 14.1. The summed E-state index contributed by atoms with van der Waals surface area (Å²) in [5.41, 5.74) is 6.16. The molecule has 1 aromatic carbocycles. The van der Waals surface area contributed by atoms with Crippen molar-refractivity contribution in [2.75, 3.05) is 13.1 Å². The Bertz CT molecular complexity index is 423. The highest BCUT2D eigenvalue weighted by Crippen LogP contribution is 2.10. The minimum Gasteiger partial charge on any atom is -0.393 e. The third-order valence-corrected chi connectivity index (χ3v) is 3.24. The van der Waals surface area contributed by atoms with Crippen molar-refractivity contribution in [3.63, 3.8) is 0 Å². The smallest absolute Gasteiger partial charge is 0.253 e. The van der Waals surface area contributed by atoms with E-state index in [0.29, 0.717) is 30.1 Å². The van der Waals surface area contributed by atoms with Crippen molar-refractivity contribution in [1.29, 1.82) is 0 Å². The van der Waals surface area contributed by atoms with Crippen LogP contribution in [0.3, 0.4) is 0 Å². The van der Waals surface area contributed by atoms with Gasteiger partial charge in [-0.1, -0.05) is 18.3 Å². The number of carbonyl (C=O) groups excluding carboxylic acids is 1. The number of hydrogen-bond donors (Lipinski definition) is 1. The van der Waals surface area contributed by atoms with Gasteiger partial charge in [-0.15, -0.1) is 0 Å². The lowest BCUT2D eigenvalue weighted by atomic mass is 10.2. The van der Waals surface area contributed by atoms with Crippen molar-refractivity contribution < 1.29 is 4.79 Å². The Morgan fingerprint density at radius 3 is 2.76 bits per heavy atom. The van der Waals surface area contributed by atoms with Crippen molar-refractivity contribution in [1.82, 2.24) is 4.90 Å². The predicted octanol–water partition coefficient (Wildman–Crippen LogP) is 2.43. The fourth-order valence-electron chi connectivity index (χ4n) is 1.45. The number of carbonyl (C=O) groups is 1. The molecule has 0 spiro atoms. The molecule has 5 heteroatoms. The lowest BCUT2D eigenvalue weighted by molar-refractivity contribution is 0.0769. The molecular weight excluding hydrogens is 347 g/mol. The van der Waals surface area contributed by atoms with Gasteiger partial charge in [0.15, 0.2) is 0 Å². The standard InChI is InChI=1S/C12H15IN2OS/c1-2-15(7-6-11(14)17)12(16)9-4-3-5-10(13)8-9/h3-5,8H,2,6-7H2,1H3,(H2,14,17). The molecule has 2 N–H and O–H groups in total. The van der Waals surface area contributed by atoms with Crippen LogP contribution in [0.4, 0.5) is 0 Å². The average Bonchev–Trinajstić information content (AvgIpc) is 2.29. The molecular formula is C12H15IN2OS. The summed E-state index contributed by atoms with van der Waals surface area (Å²) < 4.78 is 1.05. The lowest BCUT2D eigenvalue weighted by Crippen LogP contribution is -2.33. The molecule has 0 aliphatic heterocycles. The Balaban J connectivity index is 2.75. The van der Waals surface area contributed by atoms with Gasteiger partial charge >= 0.3 is 0 Å². The second kappa shape index (κ2) is 6.90. The van der Waals surface area contributed by atoms with Crippen LogP contribution in [0.2, 0.25) is 0 Å². The van der Waals surface area contributed by atoms with Gasteiger partial charge in [-0.2, -0.15) is 0 Å². The lowest BCUT2D eigenvalue weighted by Gasteiger charge is -2.20. The molecule has 0 unspecified atom stereocenters. The third-order valence-electron chi connectivity index (χ3n) is 2.37. The predicted molar refractivity (Wildman–Crippen MR) is 82.1 cm³/mol. The molecule has 0 aliphatic rings. The van der Waals surface area contributed by atoms with Crippen LogP contribution in [0, 0.1) is 3.57 Å². The number of nitrogens with zero attached hydrogens (tertiary/aromatic N) is 1. The third kappa shape index (κ3) is 4.59. The zero-order valence-electron chi connectivity index (χ0n) is 9.65. The number of thiocarbonyl (C=S) groups is 1. The van der Waals surface area contributed by atoms with E-state index in [2.05, 4.69) is 22.6 Å². The van der Waals surface area contributed by atoms with Crippen LogP contribution in [0.5, 0.6) is 0 Å². The van der Waals surface area contributed by atoms with Crippen LogP contribution in [0.15, 0.2) is 24.3 Å². The number of benzene rings is 1. The van der Waals surface area contributed by atoms with E-state index >= 15 is 0 Å². The summed E-state index contributed by atoms with van der Waals surface area (Å²) in [4.78, 5) is 14.4. The zero-order valence-corrected chi connectivity index (χ0v) is 12.6. The first-order valence-corrected chi connectivity index (χ1v) is 6.86. The minimum atomic E-state index is 0.0299. The molecule has 17 heavy (non-hydrogen) atoms. The second-order valence-corrected chi connectivity index (χ2v) is 5.38. The first-order valence-electron chi connectivity index (χ1n) is 5.37. The molecule has 0 saturated carbocycles. The summed E-state index contributed by atoms with van der Waals surface area (Å²) >= 11 is 7.02. The molecule has 0 atom stereocenters. The van der Waals surface area contributed by atoms with E-state index in [1.807, 2.05) is 31.2 Å². The molecule has 0 aliphatic carbocycles. The Labute approximate surface area is 121 Å². The summed E-state index contributed by atoms with van der Waals surface area (Å²) in [7, 11) is 0. The molecule has 1 rings (SSSR count). The van der Waals surface area contributed by atoms with E-state index in [-0.39, 0.29) is 5.91 Å². The van der Waals surface area contributed by atoms with Crippen LogP contribution in [0.25, 0.3) is 0 Å². The number of hydrogen-bond acceptors (Lipinski definition) is 2. The molecule has 92 valence electrons. The van der Waals surface area contributed by atoms with Crippen LogP contribution in [-0.2, 0) is 0 Å². The van der Waals surface area contributed by atoms with Crippen LogP contribution in [-0.4, -0.2) is 28.9 Å². The summed E-state index contributed by atoms with van der Waals surface area (Å²) in [6.45, 7) is 3.19. The van der Waals surface area contributed by atoms with E-state index in [1.54, 1.807) is 4.90 Å². The van der Waals surface area contributed by atoms with Gasteiger partial charge < -0.3 is 10.6 Å². The Morgan fingerprint density at radius 1 is 1.53 bits per heavy atom. The van der Waals surface area contributed by atoms with E-state index in [0.717, 1.165) is 3.57 Å². The normalized spacial score (nSPS) is 10.0. The minimum absolute atomic E-state index is 0.0299. The molecule has 0 aromatic heterocycles. The summed E-state index contributed by atoms with van der Waals surface area (Å²) in [5.74, 6) is 0.0299. The summed E-state index contributed by atoms with van der Waals surface area (Å²) in [5, 5.41) is 0. The molecule has 0 bridgehead atoms. The summed E-state index contributed by atoms with van der Waals surface area (Å²) in [6, 6.07) is 7.55. The fourth-order valence-corrected chi connectivity index (χ4v) is 2.09. The van der Waals surface area contributed by atoms with Gasteiger partial charge in [0.2, 0.25) is 0 Å². The van der Waals surface area contributed by atoms with Crippen molar-refractivity contribution in [3.05, 3.63) is 33.4 Å². The number of halogens is 1. The van der Waals surface area contributed by atoms with Gasteiger partial charge in [0.25, 0.3) is 5.91 Å². The summed E-state index contributed by atoms with van der Waals surface area (Å²) in [6.07, 6.45) is 0.568. The first-order chi connectivity index (χ1) is 8.04. The molecule has 1 aromatic rings.